The van der Waals surface area contributed by atoms with Crippen molar-refractivity contribution in [1.82, 2.24) is 15.0 Å². The number of hydrogen-bond acceptors (Lipinski definition) is 4. The summed E-state index contributed by atoms with van der Waals surface area (Å²) in [5.41, 5.74) is 2.45. The van der Waals surface area contributed by atoms with Gasteiger partial charge in [-0.25, -0.2) is 10.4 Å². The van der Waals surface area contributed by atoms with Crippen LogP contribution in [-0.2, 0) is 11.3 Å². The molecule has 0 unspecified atom stereocenters. The van der Waals surface area contributed by atoms with Crippen LogP contribution in [0.25, 0.3) is 0 Å². The quantitative estimate of drug-likeness (QED) is 0.636. The maximum atomic E-state index is 11.4. The van der Waals surface area contributed by atoms with Gasteiger partial charge in [0.1, 0.15) is 6.54 Å². The lowest BCUT2D eigenvalue weighted by Gasteiger charge is -1.99. The number of aromatic nitrogens is 2. The molecule has 5 nitrogen and oxygen atoms in total. The number of nitrogens with one attached hydrogen (secondary N) is 1. The molecule has 2 aromatic rings. The van der Waals surface area contributed by atoms with Crippen molar-refractivity contribution in [3.8, 4) is 0 Å². The molecule has 0 aliphatic carbocycles. The highest BCUT2D eigenvalue weighted by atomic mass is 32.1. The lowest BCUT2D eigenvalue weighted by atomic mass is 10.5. The molecule has 0 fully saturated rings. The summed E-state index contributed by atoms with van der Waals surface area (Å²) in [5.74, 6) is -0.175. The Bertz CT molecular complexity index is 461. The zero-order chi connectivity index (χ0) is 11.2. The number of hydrogen-bond donors (Lipinski definition) is 1. The van der Waals surface area contributed by atoms with Crippen molar-refractivity contribution in [1.29, 1.82) is 0 Å². The first-order valence-electron chi connectivity index (χ1n) is 4.66. The topological polar surface area (TPSA) is 59.3 Å². The van der Waals surface area contributed by atoms with E-state index in [0.717, 1.165) is 4.88 Å². The number of imidazole rings is 1. The molecule has 0 aromatic carbocycles. The Labute approximate surface area is 96.4 Å². The van der Waals surface area contributed by atoms with Gasteiger partial charge in [0.2, 0.25) is 0 Å². The molecule has 0 aliphatic heterocycles. The van der Waals surface area contributed by atoms with Gasteiger partial charge in [0, 0.05) is 17.3 Å². The van der Waals surface area contributed by atoms with Gasteiger partial charge in [0.25, 0.3) is 5.91 Å². The van der Waals surface area contributed by atoms with Crippen LogP contribution >= 0.6 is 11.3 Å². The largest absolute Gasteiger partial charge is 0.328 e. The molecular weight excluding hydrogens is 224 g/mol. The lowest BCUT2D eigenvalue weighted by Crippen LogP contribution is -2.22. The van der Waals surface area contributed by atoms with E-state index < -0.39 is 0 Å². The number of nitrogens with zero attached hydrogens (tertiary/aromatic N) is 3. The van der Waals surface area contributed by atoms with Gasteiger partial charge >= 0.3 is 0 Å². The summed E-state index contributed by atoms with van der Waals surface area (Å²) in [6, 6.07) is 3.86. The van der Waals surface area contributed by atoms with Crippen molar-refractivity contribution in [2.75, 3.05) is 0 Å². The first-order chi connectivity index (χ1) is 7.84. The van der Waals surface area contributed by atoms with Gasteiger partial charge in [-0.15, -0.1) is 11.3 Å². The van der Waals surface area contributed by atoms with Gasteiger partial charge in [0.05, 0.1) is 12.5 Å². The van der Waals surface area contributed by atoms with Crippen LogP contribution in [-0.4, -0.2) is 21.7 Å². The molecular formula is C10H10N4OS. The second kappa shape index (κ2) is 5.22. The fourth-order valence-electron chi connectivity index (χ4n) is 1.11. The predicted octanol–water partition coefficient (Wildman–Crippen LogP) is 1.09. The summed E-state index contributed by atoms with van der Waals surface area (Å²) in [6.07, 6.45) is 6.56. The maximum Gasteiger partial charge on any atom is 0.260 e. The average Bonchev–Trinajstić information content (AvgIpc) is 2.90. The van der Waals surface area contributed by atoms with Crippen LogP contribution in [0.3, 0.4) is 0 Å². The van der Waals surface area contributed by atoms with E-state index in [1.54, 1.807) is 40.8 Å². The average molecular weight is 234 g/mol. The lowest BCUT2D eigenvalue weighted by molar-refractivity contribution is -0.121. The summed E-state index contributed by atoms with van der Waals surface area (Å²) < 4.78 is 1.68. The summed E-state index contributed by atoms with van der Waals surface area (Å²) >= 11 is 1.56. The second-order valence-corrected chi connectivity index (χ2v) is 4.02. The third-order valence-corrected chi connectivity index (χ3v) is 2.62. The molecule has 0 bridgehead atoms. The minimum absolute atomic E-state index is 0.175. The second-order valence-electron chi connectivity index (χ2n) is 3.04. The Morgan fingerprint density at radius 3 is 3.31 bits per heavy atom. The molecule has 1 N–H and O–H groups in total. The van der Waals surface area contributed by atoms with Gasteiger partial charge in [-0.3, -0.25) is 4.79 Å². The number of amides is 1. The fourth-order valence-corrected chi connectivity index (χ4v) is 1.70. The normalized spacial score (nSPS) is 10.8. The summed E-state index contributed by atoms with van der Waals surface area (Å²) in [5, 5.41) is 5.80. The molecule has 0 radical (unpaired) electrons. The Morgan fingerprint density at radius 1 is 1.69 bits per heavy atom. The van der Waals surface area contributed by atoms with Crippen molar-refractivity contribution in [2.24, 2.45) is 5.10 Å². The highest BCUT2D eigenvalue weighted by Gasteiger charge is 1.99. The van der Waals surface area contributed by atoms with E-state index in [1.807, 2.05) is 17.5 Å². The molecule has 2 aromatic heterocycles. The van der Waals surface area contributed by atoms with E-state index in [-0.39, 0.29) is 12.5 Å². The third-order valence-electron chi connectivity index (χ3n) is 1.81. The predicted molar refractivity (Wildman–Crippen MR) is 62.3 cm³/mol. The first-order valence-corrected chi connectivity index (χ1v) is 5.54. The first kappa shape index (κ1) is 10.6. The van der Waals surface area contributed by atoms with Crippen molar-refractivity contribution in [3.05, 3.63) is 41.1 Å². The van der Waals surface area contributed by atoms with Gasteiger partial charge in [-0.2, -0.15) is 5.10 Å². The van der Waals surface area contributed by atoms with E-state index >= 15 is 0 Å². The van der Waals surface area contributed by atoms with Gasteiger partial charge in [-0.05, 0) is 11.4 Å². The zero-order valence-electron chi connectivity index (χ0n) is 8.41. The van der Waals surface area contributed by atoms with Crippen molar-refractivity contribution >= 4 is 23.5 Å². The standard InChI is InChI=1S/C10H10N4OS/c15-10(7-14-4-3-11-8-14)13-12-6-9-2-1-5-16-9/h1-6,8H,7H2,(H,13,15)/b12-6+. The molecule has 6 heteroatoms. The Hall–Kier alpha value is -1.95. The molecule has 82 valence electrons. The van der Waals surface area contributed by atoms with Crippen LogP contribution in [0.1, 0.15) is 4.88 Å². The van der Waals surface area contributed by atoms with E-state index in [4.69, 9.17) is 0 Å². The Kier molecular flexibility index (Phi) is 3.45. The van der Waals surface area contributed by atoms with Crippen LogP contribution in [0.15, 0.2) is 41.3 Å². The SMILES string of the molecule is O=C(Cn1ccnc1)N/N=C/c1cccs1. The van der Waals surface area contributed by atoms with E-state index in [9.17, 15) is 4.79 Å². The number of thiophene rings is 1. The van der Waals surface area contributed by atoms with Crippen LogP contribution in [0.4, 0.5) is 0 Å². The van der Waals surface area contributed by atoms with E-state index in [0.29, 0.717) is 0 Å². The number of rotatable bonds is 4. The van der Waals surface area contributed by atoms with E-state index in [2.05, 4.69) is 15.5 Å². The summed E-state index contributed by atoms with van der Waals surface area (Å²) in [7, 11) is 0. The Balaban J connectivity index is 1.80. The fraction of sp³-hybridized carbons (Fsp3) is 0.100. The molecule has 2 heterocycles. The molecule has 0 atom stereocenters. The van der Waals surface area contributed by atoms with Crippen LogP contribution < -0.4 is 5.43 Å². The van der Waals surface area contributed by atoms with Crippen molar-refractivity contribution in [3.63, 3.8) is 0 Å². The number of hydrazone groups is 1. The van der Waals surface area contributed by atoms with Gasteiger partial charge in [-0.1, -0.05) is 6.07 Å². The zero-order valence-corrected chi connectivity index (χ0v) is 9.22. The number of carbonyl (C=O) groups excluding carboxylic acids is 1. The van der Waals surface area contributed by atoms with Crippen LogP contribution in [0, 0.1) is 0 Å². The van der Waals surface area contributed by atoms with Crippen molar-refractivity contribution in [2.45, 2.75) is 6.54 Å². The van der Waals surface area contributed by atoms with E-state index in [1.165, 1.54) is 0 Å². The van der Waals surface area contributed by atoms with Gasteiger partial charge < -0.3 is 4.57 Å². The molecule has 1 amide bonds. The molecule has 0 spiro atoms. The minimum atomic E-state index is -0.175. The Morgan fingerprint density at radius 2 is 2.62 bits per heavy atom. The third kappa shape index (κ3) is 3.03. The maximum absolute atomic E-state index is 11.4. The van der Waals surface area contributed by atoms with Crippen molar-refractivity contribution < 1.29 is 4.79 Å². The highest BCUT2D eigenvalue weighted by Crippen LogP contribution is 2.03. The molecule has 0 saturated heterocycles. The molecule has 0 aliphatic rings. The minimum Gasteiger partial charge on any atom is -0.328 e. The van der Waals surface area contributed by atoms with Crippen LogP contribution in [0.5, 0.6) is 0 Å². The molecule has 2 rings (SSSR count). The monoisotopic (exact) mass is 234 g/mol. The number of carbonyl (C=O) groups is 1. The highest BCUT2D eigenvalue weighted by molar-refractivity contribution is 7.11. The summed E-state index contributed by atoms with van der Waals surface area (Å²) in [6.45, 7) is 0.224. The summed E-state index contributed by atoms with van der Waals surface area (Å²) in [4.78, 5) is 16.2. The van der Waals surface area contributed by atoms with Gasteiger partial charge in [0.15, 0.2) is 0 Å². The van der Waals surface area contributed by atoms with Crippen LogP contribution in [0.2, 0.25) is 0 Å². The smallest absolute Gasteiger partial charge is 0.260 e. The molecule has 16 heavy (non-hydrogen) atoms. The molecule has 0 saturated carbocycles.